The van der Waals surface area contributed by atoms with Gasteiger partial charge in [0.2, 0.25) is 15.9 Å². The van der Waals surface area contributed by atoms with Gasteiger partial charge in [0.25, 0.3) is 0 Å². The van der Waals surface area contributed by atoms with Gasteiger partial charge in [-0.15, -0.1) is 0 Å². The summed E-state index contributed by atoms with van der Waals surface area (Å²) in [5.41, 5.74) is 10.3. The molecule has 0 aliphatic carbocycles. The Morgan fingerprint density at radius 3 is 2.66 bits per heavy atom. The van der Waals surface area contributed by atoms with Crippen molar-refractivity contribution in [3.05, 3.63) is 88.2 Å². The Balaban J connectivity index is 1.71. The molecule has 1 aliphatic rings. The van der Waals surface area contributed by atoms with Gasteiger partial charge in [-0.05, 0) is 73.7 Å². The van der Waals surface area contributed by atoms with Crippen LogP contribution in [0.25, 0.3) is 0 Å². The van der Waals surface area contributed by atoms with E-state index >= 15 is 4.39 Å². The number of carbonyl (C=O) groups excluding carboxylic acids is 1. The third kappa shape index (κ3) is 6.89. The largest absolute Gasteiger partial charge is 0.395 e. The predicted octanol–water partition coefficient (Wildman–Crippen LogP) is 4.14. The number of nitrogens with zero attached hydrogens (tertiary/aromatic N) is 1. The number of fused-ring (bicyclic) bond motifs is 1. The molecule has 0 fully saturated rings. The van der Waals surface area contributed by atoms with Crippen LogP contribution in [-0.2, 0) is 27.8 Å². The van der Waals surface area contributed by atoms with Gasteiger partial charge in [-0.1, -0.05) is 42.5 Å². The Labute approximate surface area is 242 Å². The lowest BCUT2D eigenvalue weighted by Gasteiger charge is -2.24. The maximum absolute atomic E-state index is 15.7. The molecule has 220 valence electrons. The van der Waals surface area contributed by atoms with Crippen LogP contribution in [0.3, 0.4) is 0 Å². The summed E-state index contributed by atoms with van der Waals surface area (Å²) in [5, 5.41) is 8.94. The van der Waals surface area contributed by atoms with E-state index in [9.17, 15) is 13.2 Å². The third-order valence-corrected chi connectivity index (χ3v) is 9.55. The summed E-state index contributed by atoms with van der Waals surface area (Å²) >= 11 is 0. The van der Waals surface area contributed by atoms with Gasteiger partial charge in [-0.3, -0.25) is 4.79 Å². The summed E-state index contributed by atoms with van der Waals surface area (Å²) in [6, 6.07) is 16.2. The van der Waals surface area contributed by atoms with Crippen molar-refractivity contribution in [3.63, 3.8) is 0 Å². The fourth-order valence-electron chi connectivity index (χ4n) is 5.32. The fraction of sp³-hybridized carbons (Fsp3) is 0.387. The number of nitrogen functional groups attached to an aromatic ring is 1. The van der Waals surface area contributed by atoms with Gasteiger partial charge in [0.05, 0.1) is 16.3 Å². The zero-order valence-corrected chi connectivity index (χ0v) is 24.8. The number of amides is 1. The molecule has 0 radical (unpaired) electrons. The molecule has 41 heavy (non-hydrogen) atoms. The summed E-state index contributed by atoms with van der Waals surface area (Å²) in [5.74, 6) is -1.40. The van der Waals surface area contributed by atoms with Gasteiger partial charge in [0.1, 0.15) is 0 Å². The van der Waals surface area contributed by atoms with Crippen molar-refractivity contribution in [2.45, 2.75) is 50.5 Å². The first-order chi connectivity index (χ1) is 19.7. The average Bonchev–Trinajstić information content (AvgIpc) is 3.07. The number of nitrogens with one attached hydrogen (secondary N) is 3. The summed E-state index contributed by atoms with van der Waals surface area (Å²) in [6.07, 6.45) is 1.42. The lowest BCUT2D eigenvalue weighted by atomic mass is 9.85. The number of nitrogens with two attached hydrogens (primary N) is 1. The van der Waals surface area contributed by atoms with Gasteiger partial charge in [0, 0.05) is 45.1 Å². The van der Waals surface area contributed by atoms with E-state index in [0.717, 1.165) is 22.3 Å². The molecule has 0 saturated carbocycles. The van der Waals surface area contributed by atoms with Crippen molar-refractivity contribution in [3.8, 4) is 0 Å². The highest BCUT2D eigenvalue weighted by Crippen LogP contribution is 2.36. The van der Waals surface area contributed by atoms with Gasteiger partial charge in [-0.25, -0.2) is 12.8 Å². The zero-order chi connectivity index (χ0) is 29.6. The lowest BCUT2D eigenvalue weighted by Crippen LogP contribution is -2.32. The number of likely N-dealkylation sites (N-methyl/N-ethyl adjacent to an activating group) is 1. The van der Waals surface area contributed by atoms with E-state index in [1.807, 2.05) is 44.2 Å². The van der Waals surface area contributed by atoms with Crippen LogP contribution in [0.2, 0.25) is 0 Å². The van der Waals surface area contributed by atoms with Crippen molar-refractivity contribution in [1.82, 2.24) is 14.9 Å². The Morgan fingerprint density at radius 1 is 1.12 bits per heavy atom. The quantitative estimate of drug-likeness (QED) is 0.200. The minimum absolute atomic E-state index is 0.00611. The number of carbonyl (C=O) groups is 1. The van der Waals surface area contributed by atoms with Crippen molar-refractivity contribution >= 4 is 27.3 Å². The molecule has 1 unspecified atom stereocenters. The first-order valence-electron chi connectivity index (χ1n) is 14.1. The van der Waals surface area contributed by atoms with Crippen molar-refractivity contribution < 1.29 is 17.6 Å². The van der Waals surface area contributed by atoms with Crippen molar-refractivity contribution in [2.75, 3.05) is 44.3 Å². The van der Waals surface area contributed by atoms with E-state index in [-0.39, 0.29) is 24.6 Å². The summed E-state index contributed by atoms with van der Waals surface area (Å²) in [7, 11) is -1.89. The van der Waals surface area contributed by atoms with Crippen LogP contribution in [0.4, 0.5) is 15.8 Å². The minimum Gasteiger partial charge on any atom is -0.395 e. The maximum Gasteiger partial charge on any atom is 0.243 e. The van der Waals surface area contributed by atoms with Gasteiger partial charge >= 0.3 is 0 Å². The number of rotatable bonds is 11. The number of hydrogen-bond acceptors (Lipinski definition) is 6. The highest BCUT2D eigenvalue weighted by Gasteiger charge is 2.30. The standard InChI is InChI=1S/C31H40FN5O3S/c1-4-35-27-14-13-25(30(32)31(27)33)26(19-29(38)36-16-15-34-3)23-12-11-21(2)24(18-23)20-37-17-7-9-22-8-5-6-10-28(22)41(37,39)40/h5-6,8,10-14,18,26,34-35H,4,7,9,15-17,19-20,33H2,1-3H3,(H,36,38). The van der Waals surface area contributed by atoms with Crippen LogP contribution < -0.4 is 21.7 Å². The van der Waals surface area contributed by atoms with Gasteiger partial charge < -0.3 is 21.7 Å². The smallest absolute Gasteiger partial charge is 0.243 e. The van der Waals surface area contributed by atoms with E-state index in [2.05, 4.69) is 16.0 Å². The van der Waals surface area contributed by atoms with Crippen LogP contribution >= 0.6 is 0 Å². The molecule has 0 spiro atoms. The van der Waals surface area contributed by atoms with Crippen LogP contribution in [-0.4, -0.2) is 51.9 Å². The van der Waals surface area contributed by atoms with Gasteiger partial charge in [0.15, 0.2) is 5.82 Å². The first kappa shape index (κ1) is 30.5. The monoisotopic (exact) mass is 581 g/mol. The molecule has 1 aliphatic heterocycles. The number of sulfonamides is 1. The van der Waals surface area contributed by atoms with E-state index in [1.165, 1.54) is 4.31 Å². The van der Waals surface area contributed by atoms with Crippen LogP contribution in [0.1, 0.15) is 53.5 Å². The highest BCUT2D eigenvalue weighted by molar-refractivity contribution is 7.89. The summed E-state index contributed by atoms with van der Waals surface area (Å²) in [6.45, 7) is 6.06. The molecule has 4 rings (SSSR count). The normalized spacial score (nSPS) is 15.5. The second-order valence-corrected chi connectivity index (χ2v) is 12.3. The lowest BCUT2D eigenvalue weighted by molar-refractivity contribution is -0.121. The van der Waals surface area contributed by atoms with Crippen LogP contribution in [0.15, 0.2) is 59.5 Å². The number of anilines is 2. The number of benzene rings is 3. The molecule has 0 saturated heterocycles. The second kappa shape index (κ2) is 13.5. The molecule has 1 atom stereocenters. The second-order valence-electron chi connectivity index (χ2n) is 10.4. The Morgan fingerprint density at radius 2 is 1.90 bits per heavy atom. The van der Waals surface area contributed by atoms with E-state index in [1.54, 1.807) is 31.3 Å². The van der Waals surface area contributed by atoms with Crippen molar-refractivity contribution in [1.29, 1.82) is 0 Å². The fourth-order valence-corrected chi connectivity index (χ4v) is 7.02. The molecule has 3 aromatic rings. The first-order valence-corrected chi connectivity index (χ1v) is 15.5. The highest BCUT2D eigenvalue weighted by atomic mass is 32.2. The molecule has 8 nitrogen and oxygen atoms in total. The SMILES string of the molecule is CCNc1ccc(C(CC(=O)NCCNC)c2ccc(C)c(CN3CCCc4ccccc4S3(=O)=O)c2)c(F)c1N. The molecular weight excluding hydrogens is 541 g/mol. The molecule has 1 amide bonds. The molecule has 0 aromatic heterocycles. The predicted molar refractivity (Wildman–Crippen MR) is 162 cm³/mol. The Hall–Kier alpha value is -3.47. The molecule has 0 bridgehead atoms. The molecule has 1 heterocycles. The summed E-state index contributed by atoms with van der Waals surface area (Å²) < 4.78 is 44.5. The Bertz CT molecular complexity index is 1500. The Kier molecular flexibility index (Phi) is 10.0. The molecular formula is C31H40FN5O3S. The number of hydrogen-bond donors (Lipinski definition) is 4. The van der Waals surface area contributed by atoms with Gasteiger partial charge in [-0.2, -0.15) is 4.31 Å². The third-order valence-electron chi connectivity index (χ3n) is 7.61. The average molecular weight is 582 g/mol. The number of halogens is 1. The molecule has 10 heteroatoms. The topological polar surface area (TPSA) is 117 Å². The van der Waals surface area contributed by atoms with E-state index in [4.69, 9.17) is 5.73 Å². The van der Waals surface area contributed by atoms with Crippen LogP contribution in [0.5, 0.6) is 0 Å². The molecule has 3 aromatic carbocycles. The van der Waals surface area contributed by atoms with E-state index < -0.39 is 21.8 Å². The van der Waals surface area contributed by atoms with E-state index in [0.29, 0.717) is 55.2 Å². The van der Waals surface area contributed by atoms with Crippen LogP contribution in [0, 0.1) is 12.7 Å². The maximum atomic E-state index is 15.7. The zero-order valence-electron chi connectivity index (χ0n) is 24.0. The summed E-state index contributed by atoms with van der Waals surface area (Å²) in [4.78, 5) is 13.3. The molecule has 5 N–H and O–H groups in total. The minimum atomic E-state index is -3.69. The number of aryl methyl sites for hydroxylation is 2. The van der Waals surface area contributed by atoms with Crippen molar-refractivity contribution in [2.24, 2.45) is 0 Å².